The molecule has 29 heavy (non-hydrogen) atoms. The van der Waals surface area contributed by atoms with Crippen LogP contribution in [0.4, 0.5) is 0 Å². The third-order valence-electron chi connectivity index (χ3n) is 5.06. The minimum atomic E-state index is -0.0267. The van der Waals surface area contributed by atoms with E-state index in [1.165, 1.54) is 0 Å². The molecule has 1 aliphatic rings. The molecular weight excluding hydrogens is 368 g/mol. The maximum Gasteiger partial charge on any atom is 0.255 e. The molecule has 0 radical (unpaired) electrons. The first kappa shape index (κ1) is 19.2. The van der Waals surface area contributed by atoms with Crippen LogP contribution in [-0.2, 0) is 6.54 Å². The van der Waals surface area contributed by atoms with Gasteiger partial charge in [0.05, 0.1) is 17.1 Å². The van der Waals surface area contributed by atoms with Crippen molar-refractivity contribution in [2.24, 2.45) is 0 Å². The van der Waals surface area contributed by atoms with Gasteiger partial charge in [0.25, 0.3) is 5.91 Å². The largest absolute Gasteiger partial charge is 0.486 e. The van der Waals surface area contributed by atoms with Gasteiger partial charge in [0, 0.05) is 24.8 Å². The fraction of sp³-hybridized carbons (Fsp3) is 0.409. The van der Waals surface area contributed by atoms with Gasteiger partial charge >= 0.3 is 0 Å². The standard InChI is InChI=1S/C22H26N4O3/c1-5-25(13-16-6-7-19-20(11-16)29-9-8-28-19)22(27)17-10-15(4)24-21-18(17)12-23-26(21)14(2)3/h6-7,10-12,14H,5,8-9,13H2,1-4H3. The molecule has 1 aromatic carbocycles. The van der Waals surface area contributed by atoms with E-state index in [9.17, 15) is 4.79 Å². The predicted molar refractivity (Wildman–Crippen MR) is 110 cm³/mol. The number of nitrogens with zero attached hydrogens (tertiary/aromatic N) is 4. The Hall–Kier alpha value is -3.09. The van der Waals surface area contributed by atoms with Crippen LogP contribution in [0.2, 0.25) is 0 Å². The SMILES string of the molecule is CCN(Cc1ccc2c(c1)OCCO2)C(=O)c1cc(C)nc2c1cnn2C(C)C. The number of rotatable bonds is 5. The van der Waals surface area contributed by atoms with Crippen molar-refractivity contribution in [1.29, 1.82) is 0 Å². The number of aromatic nitrogens is 3. The highest BCUT2D eigenvalue weighted by Gasteiger charge is 2.22. The molecular formula is C22H26N4O3. The quantitative estimate of drug-likeness (QED) is 0.659. The van der Waals surface area contributed by atoms with Gasteiger partial charge in [0.1, 0.15) is 13.2 Å². The maximum absolute atomic E-state index is 13.4. The molecule has 0 saturated heterocycles. The Labute approximate surface area is 170 Å². The van der Waals surface area contributed by atoms with Crippen molar-refractivity contribution in [2.75, 3.05) is 19.8 Å². The number of amides is 1. The zero-order valence-electron chi connectivity index (χ0n) is 17.3. The summed E-state index contributed by atoms with van der Waals surface area (Å²) in [6.07, 6.45) is 1.74. The highest BCUT2D eigenvalue weighted by molar-refractivity contribution is 6.05. The summed E-state index contributed by atoms with van der Waals surface area (Å²) in [6, 6.07) is 7.86. The van der Waals surface area contributed by atoms with Gasteiger partial charge in [-0.05, 0) is 51.5 Å². The number of carbonyl (C=O) groups is 1. The van der Waals surface area contributed by atoms with Crippen LogP contribution in [0, 0.1) is 6.92 Å². The first-order chi connectivity index (χ1) is 14.0. The van der Waals surface area contributed by atoms with Gasteiger partial charge in [-0.25, -0.2) is 9.67 Å². The Morgan fingerprint density at radius 2 is 1.97 bits per heavy atom. The smallest absolute Gasteiger partial charge is 0.255 e. The van der Waals surface area contributed by atoms with Gasteiger partial charge in [0.2, 0.25) is 0 Å². The van der Waals surface area contributed by atoms with Crippen LogP contribution in [0.25, 0.3) is 11.0 Å². The van der Waals surface area contributed by atoms with Crippen molar-refractivity contribution in [1.82, 2.24) is 19.7 Å². The van der Waals surface area contributed by atoms with Crippen molar-refractivity contribution in [3.05, 3.63) is 47.3 Å². The summed E-state index contributed by atoms with van der Waals surface area (Å²) in [5, 5.41) is 5.24. The highest BCUT2D eigenvalue weighted by atomic mass is 16.6. The minimum absolute atomic E-state index is 0.0267. The van der Waals surface area contributed by atoms with E-state index < -0.39 is 0 Å². The molecule has 0 fully saturated rings. The second-order valence-electron chi connectivity index (χ2n) is 7.53. The zero-order valence-corrected chi connectivity index (χ0v) is 17.3. The van der Waals surface area contributed by atoms with E-state index in [2.05, 4.69) is 23.9 Å². The van der Waals surface area contributed by atoms with Gasteiger partial charge in [0.15, 0.2) is 17.1 Å². The summed E-state index contributed by atoms with van der Waals surface area (Å²) in [5.74, 6) is 1.46. The Balaban J connectivity index is 1.66. The molecule has 0 N–H and O–H groups in total. The summed E-state index contributed by atoms with van der Waals surface area (Å²) in [5.41, 5.74) is 3.19. The van der Waals surface area contributed by atoms with Crippen molar-refractivity contribution >= 4 is 16.9 Å². The Bertz CT molecular complexity index is 1060. The molecule has 152 valence electrons. The van der Waals surface area contributed by atoms with Crippen LogP contribution in [0.15, 0.2) is 30.5 Å². The van der Waals surface area contributed by atoms with Gasteiger partial charge in [-0.1, -0.05) is 6.07 Å². The summed E-state index contributed by atoms with van der Waals surface area (Å²) < 4.78 is 13.1. The highest BCUT2D eigenvalue weighted by Crippen LogP contribution is 2.31. The first-order valence-electron chi connectivity index (χ1n) is 10.0. The molecule has 2 aromatic heterocycles. The monoisotopic (exact) mass is 394 g/mol. The molecule has 0 bridgehead atoms. The number of carbonyl (C=O) groups excluding carboxylic acids is 1. The predicted octanol–water partition coefficient (Wildman–Crippen LogP) is 3.75. The molecule has 0 atom stereocenters. The molecule has 4 rings (SSSR count). The Morgan fingerprint density at radius 1 is 1.21 bits per heavy atom. The fourth-order valence-corrected chi connectivity index (χ4v) is 3.60. The summed E-state index contributed by atoms with van der Waals surface area (Å²) in [6.45, 7) is 10.2. The number of fused-ring (bicyclic) bond motifs is 2. The molecule has 1 amide bonds. The first-order valence-corrected chi connectivity index (χ1v) is 10.0. The maximum atomic E-state index is 13.4. The zero-order chi connectivity index (χ0) is 20.5. The lowest BCUT2D eigenvalue weighted by Gasteiger charge is -2.23. The van der Waals surface area contributed by atoms with Crippen LogP contribution >= 0.6 is 0 Å². The van der Waals surface area contributed by atoms with E-state index in [0.717, 1.165) is 33.8 Å². The van der Waals surface area contributed by atoms with Gasteiger partial charge in [-0.3, -0.25) is 4.79 Å². The lowest BCUT2D eigenvalue weighted by Crippen LogP contribution is -2.30. The summed E-state index contributed by atoms with van der Waals surface area (Å²) in [7, 11) is 0. The Kier molecular flexibility index (Phi) is 5.13. The normalized spacial score (nSPS) is 13.1. The molecule has 1 aliphatic heterocycles. The molecule has 7 nitrogen and oxygen atoms in total. The van der Waals surface area contributed by atoms with E-state index >= 15 is 0 Å². The van der Waals surface area contributed by atoms with E-state index in [1.807, 2.05) is 47.7 Å². The van der Waals surface area contributed by atoms with Gasteiger partial charge in [-0.2, -0.15) is 5.10 Å². The molecule has 0 spiro atoms. The van der Waals surface area contributed by atoms with Gasteiger partial charge < -0.3 is 14.4 Å². The second kappa shape index (κ2) is 7.73. The molecule has 0 unspecified atom stereocenters. The second-order valence-corrected chi connectivity index (χ2v) is 7.53. The van der Waals surface area contributed by atoms with Crippen LogP contribution in [0.3, 0.4) is 0 Å². The van der Waals surface area contributed by atoms with Crippen molar-refractivity contribution in [2.45, 2.75) is 40.3 Å². The number of aryl methyl sites for hydroxylation is 1. The van der Waals surface area contributed by atoms with Crippen molar-refractivity contribution in [3.63, 3.8) is 0 Å². The summed E-state index contributed by atoms with van der Waals surface area (Å²) in [4.78, 5) is 19.9. The van der Waals surface area contributed by atoms with E-state index in [4.69, 9.17) is 9.47 Å². The van der Waals surface area contributed by atoms with E-state index in [1.54, 1.807) is 6.20 Å². The average Bonchev–Trinajstić information content (AvgIpc) is 3.14. The number of hydrogen-bond acceptors (Lipinski definition) is 5. The molecule has 3 heterocycles. The number of benzene rings is 1. The topological polar surface area (TPSA) is 69.5 Å². The Morgan fingerprint density at radius 3 is 2.69 bits per heavy atom. The van der Waals surface area contributed by atoms with Crippen molar-refractivity contribution in [3.8, 4) is 11.5 Å². The number of hydrogen-bond donors (Lipinski definition) is 0. The lowest BCUT2D eigenvalue weighted by atomic mass is 10.1. The number of ether oxygens (including phenoxy) is 2. The number of pyridine rings is 1. The molecule has 3 aromatic rings. The third kappa shape index (κ3) is 3.64. The average molecular weight is 394 g/mol. The summed E-state index contributed by atoms with van der Waals surface area (Å²) >= 11 is 0. The third-order valence-corrected chi connectivity index (χ3v) is 5.06. The van der Waals surface area contributed by atoms with E-state index in [-0.39, 0.29) is 11.9 Å². The van der Waals surface area contributed by atoms with E-state index in [0.29, 0.717) is 31.9 Å². The fourth-order valence-electron chi connectivity index (χ4n) is 3.60. The van der Waals surface area contributed by atoms with Crippen LogP contribution in [0.5, 0.6) is 11.5 Å². The minimum Gasteiger partial charge on any atom is -0.486 e. The molecule has 0 aliphatic carbocycles. The van der Waals surface area contributed by atoms with Crippen molar-refractivity contribution < 1.29 is 14.3 Å². The lowest BCUT2D eigenvalue weighted by molar-refractivity contribution is 0.0754. The van der Waals surface area contributed by atoms with Gasteiger partial charge in [-0.15, -0.1) is 0 Å². The van der Waals surface area contributed by atoms with Crippen LogP contribution in [-0.4, -0.2) is 45.3 Å². The van der Waals surface area contributed by atoms with Crippen LogP contribution < -0.4 is 9.47 Å². The molecule has 0 saturated carbocycles. The molecule has 7 heteroatoms. The van der Waals surface area contributed by atoms with Crippen LogP contribution in [0.1, 0.15) is 48.4 Å².